The van der Waals surface area contributed by atoms with Crippen molar-refractivity contribution in [2.75, 3.05) is 0 Å². The highest BCUT2D eigenvalue weighted by Crippen LogP contribution is 2.55. The lowest BCUT2D eigenvalue weighted by molar-refractivity contribution is -0.0171. The molecule has 0 atom stereocenters. The molecule has 5 heteroatoms. The standard InChI is InChI=1S/C21H24N2O3/c24-19-3-1-2-6-23(19)13-17-4-5-18(26-17)20(25)22-21-10-14-7-15(11-21)9-16(8-14)12-21/h1-6,14-16H,7-13H2,(H,22,25). The molecule has 4 aliphatic carbocycles. The lowest BCUT2D eigenvalue weighted by Gasteiger charge is -2.56. The molecular formula is C21H24N2O3. The zero-order chi connectivity index (χ0) is 17.7. The molecule has 26 heavy (non-hydrogen) atoms. The smallest absolute Gasteiger partial charge is 0.287 e. The predicted molar refractivity (Wildman–Crippen MR) is 96.9 cm³/mol. The van der Waals surface area contributed by atoms with Gasteiger partial charge >= 0.3 is 0 Å². The molecule has 6 rings (SSSR count). The van der Waals surface area contributed by atoms with Crippen molar-refractivity contribution < 1.29 is 9.21 Å². The Hall–Kier alpha value is -2.30. The summed E-state index contributed by atoms with van der Waals surface area (Å²) in [6.45, 7) is 0.338. The minimum Gasteiger partial charge on any atom is -0.454 e. The van der Waals surface area contributed by atoms with E-state index >= 15 is 0 Å². The van der Waals surface area contributed by atoms with Crippen LogP contribution in [0.4, 0.5) is 0 Å². The molecule has 0 saturated heterocycles. The number of rotatable bonds is 4. The molecule has 0 aliphatic heterocycles. The quantitative estimate of drug-likeness (QED) is 0.919. The monoisotopic (exact) mass is 352 g/mol. The largest absolute Gasteiger partial charge is 0.454 e. The van der Waals surface area contributed by atoms with E-state index in [9.17, 15) is 9.59 Å². The summed E-state index contributed by atoms with van der Waals surface area (Å²) in [5.41, 5.74) is -0.0988. The van der Waals surface area contributed by atoms with Crippen LogP contribution in [0.1, 0.15) is 54.8 Å². The Morgan fingerprint density at radius 3 is 2.42 bits per heavy atom. The Balaban J connectivity index is 1.30. The molecule has 5 nitrogen and oxygen atoms in total. The second-order valence-corrected chi connectivity index (χ2v) is 8.58. The van der Waals surface area contributed by atoms with Gasteiger partial charge in [0, 0.05) is 17.8 Å². The fraction of sp³-hybridized carbons (Fsp3) is 0.524. The van der Waals surface area contributed by atoms with Crippen LogP contribution in [0.2, 0.25) is 0 Å². The molecule has 0 radical (unpaired) electrons. The van der Waals surface area contributed by atoms with Crippen LogP contribution in [0.5, 0.6) is 0 Å². The zero-order valence-electron chi connectivity index (χ0n) is 14.8. The first-order valence-electron chi connectivity index (χ1n) is 9.65. The number of furan rings is 1. The SMILES string of the molecule is O=C(NC12CC3CC(CC(C3)C1)C2)c1ccc(Cn2ccccc2=O)o1. The molecule has 0 unspecified atom stereocenters. The van der Waals surface area contributed by atoms with Gasteiger partial charge in [0.1, 0.15) is 5.76 Å². The predicted octanol–water partition coefficient (Wildman–Crippen LogP) is 3.19. The van der Waals surface area contributed by atoms with E-state index in [0.717, 1.165) is 37.0 Å². The third-order valence-electron chi connectivity index (χ3n) is 6.53. The van der Waals surface area contributed by atoms with Crippen LogP contribution < -0.4 is 10.9 Å². The van der Waals surface area contributed by atoms with Crippen LogP contribution in [-0.4, -0.2) is 16.0 Å². The van der Waals surface area contributed by atoms with E-state index in [1.807, 2.05) is 6.07 Å². The third-order valence-corrected chi connectivity index (χ3v) is 6.53. The van der Waals surface area contributed by atoms with Crippen LogP contribution in [0.3, 0.4) is 0 Å². The Morgan fingerprint density at radius 2 is 1.77 bits per heavy atom. The zero-order valence-corrected chi connectivity index (χ0v) is 14.8. The van der Waals surface area contributed by atoms with Crippen LogP contribution in [-0.2, 0) is 6.54 Å². The van der Waals surface area contributed by atoms with Crippen molar-refractivity contribution in [3.63, 3.8) is 0 Å². The molecule has 4 aliphatic rings. The fourth-order valence-electron chi connectivity index (χ4n) is 5.91. The summed E-state index contributed by atoms with van der Waals surface area (Å²) >= 11 is 0. The lowest BCUT2D eigenvalue weighted by atomic mass is 9.53. The van der Waals surface area contributed by atoms with Crippen molar-refractivity contribution >= 4 is 5.91 Å². The maximum atomic E-state index is 12.8. The van der Waals surface area contributed by atoms with Crippen LogP contribution >= 0.6 is 0 Å². The van der Waals surface area contributed by atoms with Crippen molar-refractivity contribution in [1.82, 2.24) is 9.88 Å². The van der Waals surface area contributed by atoms with Crippen LogP contribution in [0, 0.1) is 17.8 Å². The highest BCUT2D eigenvalue weighted by Gasteiger charge is 2.51. The number of carbonyl (C=O) groups excluding carboxylic acids is 1. The maximum Gasteiger partial charge on any atom is 0.287 e. The van der Waals surface area contributed by atoms with Gasteiger partial charge in [-0.2, -0.15) is 0 Å². The maximum absolute atomic E-state index is 12.8. The molecule has 4 bridgehead atoms. The second kappa shape index (κ2) is 5.86. The Bertz CT molecular complexity index is 859. The molecule has 2 aromatic heterocycles. The van der Waals surface area contributed by atoms with Crippen molar-refractivity contribution in [2.45, 2.75) is 50.6 Å². The second-order valence-electron chi connectivity index (χ2n) is 8.58. The summed E-state index contributed by atoms with van der Waals surface area (Å²) in [6.07, 6.45) is 9.15. The molecular weight excluding hydrogens is 328 g/mol. The number of aromatic nitrogens is 1. The fourth-order valence-corrected chi connectivity index (χ4v) is 5.91. The minimum absolute atomic E-state index is 0.0187. The number of hydrogen-bond acceptors (Lipinski definition) is 3. The molecule has 2 heterocycles. The van der Waals surface area contributed by atoms with E-state index in [4.69, 9.17) is 4.42 Å². The van der Waals surface area contributed by atoms with Gasteiger partial charge in [0.2, 0.25) is 0 Å². The molecule has 0 spiro atoms. The van der Waals surface area contributed by atoms with Gasteiger partial charge in [0.25, 0.3) is 11.5 Å². The van der Waals surface area contributed by atoms with Crippen molar-refractivity contribution in [3.8, 4) is 0 Å². The first-order valence-corrected chi connectivity index (χ1v) is 9.65. The topological polar surface area (TPSA) is 64.2 Å². The van der Waals surface area contributed by atoms with Gasteiger partial charge in [0.15, 0.2) is 5.76 Å². The van der Waals surface area contributed by atoms with Gasteiger partial charge in [-0.25, -0.2) is 0 Å². The van der Waals surface area contributed by atoms with Crippen molar-refractivity contribution in [1.29, 1.82) is 0 Å². The van der Waals surface area contributed by atoms with Gasteiger partial charge in [-0.05, 0) is 74.5 Å². The highest BCUT2D eigenvalue weighted by molar-refractivity contribution is 5.92. The summed E-state index contributed by atoms with van der Waals surface area (Å²) < 4.78 is 7.32. The number of nitrogens with one attached hydrogen (secondary N) is 1. The van der Waals surface area contributed by atoms with Crippen LogP contribution in [0.25, 0.3) is 0 Å². The van der Waals surface area contributed by atoms with Gasteiger partial charge in [0.05, 0.1) is 6.54 Å². The van der Waals surface area contributed by atoms with Gasteiger partial charge in [-0.1, -0.05) is 6.07 Å². The van der Waals surface area contributed by atoms with E-state index in [0.29, 0.717) is 18.1 Å². The van der Waals surface area contributed by atoms with E-state index in [1.54, 1.807) is 29.0 Å². The molecule has 1 amide bonds. The number of nitrogens with zero attached hydrogens (tertiary/aromatic N) is 1. The molecule has 136 valence electrons. The third kappa shape index (κ3) is 2.79. The molecule has 0 aromatic carbocycles. The number of hydrogen-bond donors (Lipinski definition) is 1. The number of pyridine rings is 1. The highest BCUT2D eigenvalue weighted by atomic mass is 16.4. The lowest BCUT2D eigenvalue weighted by Crippen LogP contribution is -2.59. The average Bonchev–Trinajstić information content (AvgIpc) is 3.04. The number of amides is 1. The Labute approximate surface area is 152 Å². The van der Waals surface area contributed by atoms with Gasteiger partial charge in [-0.15, -0.1) is 0 Å². The van der Waals surface area contributed by atoms with Gasteiger partial charge in [-0.3, -0.25) is 9.59 Å². The first kappa shape index (κ1) is 15.9. The van der Waals surface area contributed by atoms with Crippen LogP contribution in [0.15, 0.2) is 45.7 Å². The summed E-state index contributed by atoms with van der Waals surface area (Å²) in [6, 6.07) is 8.55. The van der Waals surface area contributed by atoms with E-state index in [2.05, 4.69) is 5.32 Å². The van der Waals surface area contributed by atoms with E-state index in [1.165, 1.54) is 25.3 Å². The minimum atomic E-state index is -0.112. The normalized spacial score (nSPS) is 31.9. The van der Waals surface area contributed by atoms with E-state index in [-0.39, 0.29) is 17.0 Å². The summed E-state index contributed by atoms with van der Waals surface area (Å²) in [5.74, 6) is 3.23. The summed E-state index contributed by atoms with van der Waals surface area (Å²) in [7, 11) is 0. The molecule has 4 saturated carbocycles. The molecule has 4 fully saturated rings. The Morgan fingerprint density at radius 1 is 1.08 bits per heavy atom. The van der Waals surface area contributed by atoms with Crippen molar-refractivity contribution in [2.24, 2.45) is 17.8 Å². The first-order chi connectivity index (χ1) is 12.6. The van der Waals surface area contributed by atoms with Gasteiger partial charge < -0.3 is 14.3 Å². The van der Waals surface area contributed by atoms with Crippen molar-refractivity contribution in [3.05, 3.63) is 58.4 Å². The van der Waals surface area contributed by atoms with E-state index < -0.39 is 0 Å². The average molecular weight is 352 g/mol. The summed E-state index contributed by atoms with van der Waals surface area (Å²) in [4.78, 5) is 24.6. The molecule has 2 aromatic rings. The Kier molecular flexibility index (Phi) is 3.59. The molecule has 1 N–H and O–H groups in total. The number of carbonyl (C=O) groups is 1. The summed E-state index contributed by atoms with van der Waals surface area (Å²) in [5, 5.41) is 3.33.